The molecule has 0 aliphatic carbocycles. The monoisotopic (exact) mass is 419 g/mol. The molecule has 0 N–H and O–H groups in total. The number of benzene rings is 1. The van der Waals surface area contributed by atoms with Gasteiger partial charge in [-0.05, 0) is 31.2 Å². The molecule has 2 aromatic rings. The second-order valence-corrected chi connectivity index (χ2v) is 7.39. The van der Waals surface area contributed by atoms with Gasteiger partial charge in [-0.1, -0.05) is 11.8 Å². The molecule has 1 aromatic heterocycles. The number of carbonyl (C=O) groups excluding carboxylic acids is 2. The lowest BCUT2D eigenvalue weighted by Crippen LogP contribution is -2.51. The number of piperazine rings is 1. The zero-order valence-corrected chi connectivity index (χ0v) is 17.6. The number of thioether (sulfide) groups is 1. The van der Waals surface area contributed by atoms with Gasteiger partial charge in [0.2, 0.25) is 5.91 Å². The summed E-state index contributed by atoms with van der Waals surface area (Å²) in [6, 6.07) is 7.59. The van der Waals surface area contributed by atoms with Crippen molar-refractivity contribution in [1.29, 1.82) is 0 Å². The van der Waals surface area contributed by atoms with Gasteiger partial charge in [-0.2, -0.15) is 0 Å². The Kier molecular flexibility index (Phi) is 6.97. The van der Waals surface area contributed by atoms with Gasteiger partial charge in [0.1, 0.15) is 5.75 Å². The van der Waals surface area contributed by atoms with Crippen LogP contribution < -0.4 is 4.74 Å². The maximum Gasteiger partial charge on any atom is 0.409 e. The average Bonchev–Trinajstić information content (AvgIpc) is 3.12. The molecule has 156 valence electrons. The van der Waals surface area contributed by atoms with E-state index in [2.05, 4.69) is 10.2 Å². The largest absolute Gasteiger partial charge is 0.497 e. The van der Waals surface area contributed by atoms with Crippen molar-refractivity contribution < 1.29 is 19.1 Å². The van der Waals surface area contributed by atoms with Crippen LogP contribution in [0.4, 0.5) is 4.79 Å². The predicted octanol–water partition coefficient (Wildman–Crippen LogP) is 1.88. The summed E-state index contributed by atoms with van der Waals surface area (Å²) in [5.74, 6) is 1.80. The molecule has 3 rings (SSSR count). The van der Waals surface area contributed by atoms with E-state index in [9.17, 15) is 9.59 Å². The van der Waals surface area contributed by atoms with Gasteiger partial charge in [0.05, 0.1) is 19.5 Å². The van der Waals surface area contributed by atoms with E-state index in [4.69, 9.17) is 9.47 Å². The molecule has 1 aliphatic heterocycles. The number of amides is 2. The summed E-state index contributed by atoms with van der Waals surface area (Å²) in [7, 11) is 3.50. The van der Waals surface area contributed by atoms with E-state index >= 15 is 0 Å². The van der Waals surface area contributed by atoms with Gasteiger partial charge < -0.3 is 23.8 Å². The molecule has 9 nitrogen and oxygen atoms in total. The van der Waals surface area contributed by atoms with Crippen molar-refractivity contribution in [3.63, 3.8) is 0 Å². The Morgan fingerprint density at radius 1 is 1.07 bits per heavy atom. The summed E-state index contributed by atoms with van der Waals surface area (Å²) >= 11 is 1.36. The number of rotatable bonds is 6. The van der Waals surface area contributed by atoms with Gasteiger partial charge in [0.15, 0.2) is 11.0 Å². The molecule has 1 saturated heterocycles. The first-order valence-electron chi connectivity index (χ1n) is 9.39. The first-order chi connectivity index (χ1) is 14.0. The van der Waals surface area contributed by atoms with Crippen molar-refractivity contribution >= 4 is 23.8 Å². The van der Waals surface area contributed by atoms with E-state index in [0.717, 1.165) is 17.1 Å². The van der Waals surface area contributed by atoms with Crippen LogP contribution in [0.3, 0.4) is 0 Å². The van der Waals surface area contributed by atoms with E-state index < -0.39 is 0 Å². The van der Waals surface area contributed by atoms with Crippen LogP contribution in [0.15, 0.2) is 29.4 Å². The Morgan fingerprint density at radius 2 is 1.72 bits per heavy atom. The van der Waals surface area contributed by atoms with Gasteiger partial charge in [-0.3, -0.25) is 4.79 Å². The molecular formula is C19H25N5O4S. The van der Waals surface area contributed by atoms with Crippen molar-refractivity contribution in [2.24, 2.45) is 7.05 Å². The van der Waals surface area contributed by atoms with Crippen LogP contribution in [0.5, 0.6) is 5.75 Å². The van der Waals surface area contributed by atoms with Gasteiger partial charge in [-0.25, -0.2) is 4.79 Å². The summed E-state index contributed by atoms with van der Waals surface area (Å²) in [4.78, 5) is 27.7. The number of ether oxygens (including phenoxy) is 2. The zero-order chi connectivity index (χ0) is 20.8. The number of nitrogens with zero attached hydrogens (tertiary/aromatic N) is 5. The molecule has 0 spiro atoms. The molecule has 2 amide bonds. The van der Waals surface area contributed by atoms with Crippen LogP contribution in [0.1, 0.15) is 6.92 Å². The molecule has 0 unspecified atom stereocenters. The summed E-state index contributed by atoms with van der Waals surface area (Å²) in [6.07, 6.45) is -0.320. The molecule has 2 heterocycles. The fourth-order valence-electron chi connectivity index (χ4n) is 3.00. The fourth-order valence-corrected chi connectivity index (χ4v) is 3.82. The Hall–Kier alpha value is -2.75. The smallest absolute Gasteiger partial charge is 0.409 e. The molecule has 1 aromatic carbocycles. The number of carbonyl (C=O) groups is 2. The highest BCUT2D eigenvalue weighted by Gasteiger charge is 2.25. The molecule has 0 atom stereocenters. The number of hydrogen-bond donors (Lipinski definition) is 0. The third-order valence-electron chi connectivity index (χ3n) is 4.67. The predicted molar refractivity (Wildman–Crippen MR) is 109 cm³/mol. The van der Waals surface area contributed by atoms with Crippen LogP contribution >= 0.6 is 11.8 Å². The molecule has 0 radical (unpaired) electrons. The highest BCUT2D eigenvalue weighted by molar-refractivity contribution is 7.99. The Balaban J connectivity index is 1.53. The van der Waals surface area contributed by atoms with Crippen molar-refractivity contribution in [2.75, 3.05) is 45.6 Å². The summed E-state index contributed by atoms with van der Waals surface area (Å²) in [5.41, 5.74) is 0.925. The van der Waals surface area contributed by atoms with E-state index in [1.807, 2.05) is 35.9 Å². The number of hydrogen-bond acceptors (Lipinski definition) is 7. The summed E-state index contributed by atoms with van der Waals surface area (Å²) in [6.45, 7) is 4.12. The lowest BCUT2D eigenvalue weighted by atomic mass is 10.2. The van der Waals surface area contributed by atoms with Crippen LogP contribution in [-0.4, -0.2) is 82.2 Å². The molecule has 10 heteroatoms. The third-order valence-corrected chi connectivity index (χ3v) is 5.67. The SMILES string of the molecule is CCOC(=O)N1CCN(C(=O)CSc2nnc(-c3ccc(OC)cc3)n2C)CC1. The van der Waals surface area contributed by atoms with E-state index in [0.29, 0.717) is 37.9 Å². The van der Waals surface area contributed by atoms with Crippen LogP contribution in [0.2, 0.25) is 0 Å². The third kappa shape index (κ3) is 5.00. The fraction of sp³-hybridized carbons (Fsp3) is 0.474. The molecular weight excluding hydrogens is 394 g/mol. The molecule has 0 saturated carbocycles. The Labute approximate surface area is 174 Å². The molecule has 1 fully saturated rings. The van der Waals surface area contributed by atoms with Crippen molar-refractivity contribution in [2.45, 2.75) is 12.1 Å². The standard InChI is InChI=1S/C19H25N5O4S/c1-4-28-19(26)24-11-9-23(10-12-24)16(25)13-29-18-21-20-17(22(18)2)14-5-7-15(27-3)8-6-14/h5-8H,4,9-13H2,1-3H3. The quantitative estimate of drug-likeness (QED) is 0.661. The average molecular weight is 420 g/mol. The van der Waals surface area contributed by atoms with Gasteiger partial charge in [0, 0.05) is 38.8 Å². The zero-order valence-electron chi connectivity index (χ0n) is 16.8. The number of methoxy groups -OCH3 is 1. The van der Waals surface area contributed by atoms with Crippen molar-refractivity contribution in [3.8, 4) is 17.1 Å². The highest BCUT2D eigenvalue weighted by atomic mass is 32.2. The van der Waals surface area contributed by atoms with Gasteiger partial charge in [0.25, 0.3) is 0 Å². The minimum Gasteiger partial charge on any atom is -0.497 e. The minimum absolute atomic E-state index is 0.0208. The van der Waals surface area contributed by atoms with Gasteiger partial charge in [-0.15, -0.1) is 10.2 Å². The van der Waals surface area contributed by atoms with Crippen molar-refractivity contribution in [1.82, 2.24) is 24.6 Å². The summed E-state index contributed by atoms with van der Waals surface area (Å²) in [5, 5.41) is 9.13. The van der Waals surface area contributed by atoms with E-state index in [1.54, 1.807) is 23.8 Å². The van der Waals surface area contributed by atoms with Crippen LogP contribution in [0, 0.1) is 0 Å². The highest BCUT2D eigenvalue weighted by Crippen LogP contribution is 2.24. The second-order valence-electron chi connectivity index (χ2n) is 6.45. The van der Waals surface area contributed by atoms with Crippen LogP contribution in [0.25, 0.3) is 11.4 Å². The molecule has 1 aliphatic rings. The topological polar surface area (TPSA) is 89.8 Å². The van der Waals surface area contributed by atoms with E-state index in [-0.39, 0.29) is 17.8 Å². The van der Waals surface area contributed by atoms with E-state index in [1.165, 1.54) is 11.8 Å². The molecule has 29 heavy (non-hydrogen) atoms. The normalized spacial score (nSPS) is 14.0. The Bertz CT molecular complexity index is 847. The molecule has 0 bridgehead atoms. The lowest BCUT2D eigenvalue weighted by molar-refractivity contribution is -0.129. The maximum atomic E-state index is 12.5. The maximum absolute atomic E-state index is 12.5. The lowest BCUT2D eigenvalue weighted by Gasteiger charge is -2.34. The first kappa shape index (κ1) is 21.0. The second kappa shape index (κ2) is 9.64. The first-order valence-corrected chi connectivity index (χ1v) is 10.4. The summed E-state index contributed by atoms with van der Waals surface area (Å²) < 4.78 is 12.1. The van der Waals surface area contributed by atoms with Gasteiger partial charge >= 0.3 is 6.09 Å². The minimum atomic E-state index is -0.320. The van der Waals surface area contributed by atoms with Crippen LogP contribution in [-0.2, 0) is 16.6 Å². The Morgan fingerprint density at radius 3 is 2.34 bits per heavy atom. The van der Waals surface area contributed by atoms with Crippen molar-refractivity contribution in [3.05, 3.63) is 24.3 Å². The number of aromatic nitrogens is 3.